The molecule has 12 N–H and O–H groups in total. The van der Waals surface area contributed by atoms with Crippen molar-refractivity contribution in [2.75, 3.05) is 19.8 Å². The third kappa shape index (κ3) is 17.4. The molecule has 8 rings (SSSR count). The lowest BCUT2D eigenvalue weighted by molar-refractivity contribution is -0.318. The number of benzene rings is 4. The highest BCUT2D eigenvalue weighted by Crippen LogP contribution is 2.38. The average Bonchev–Trinajstić information content (AvgIpc) is 2.06. The lowest BCUT2D eigenvalue weighted by atomic mass is 9.79. The van der Waals surface area contributed by atoms with Gasteiger partial charge in [-0.05, 0) is 47.6 Å². The van der Waals surface area contributed by atoms with E-state index in [4.69, 9.17) is 47.4 Å². The molecule has 3 aliphatic heterocycles. The molecular weight excluding hydrogens is 1140 g/mol. The smallest absolute Gasteiger partial charge is 0.407 e. The van der Waals surface area contributed by atoms with Crippen molar-refractivity contribution in [3.63, 3.8) is 0 Å². The number of hydrogen-bond acceptors (Lipinski definition) is 23. The minimum absolute atomic E-state index is 0.0618. The molecule has 27 heteroatoms. The summed E-state index contributed by atoms with van der Waals surface area (Å²) >= 11 is 0. The Labute approximate surface area is 500 Å². The van der Waals surface area contributed by atoms with Gasteiger partial charge in [0.05, 0.1) is 37.0 Å². The topological polar surface area (TPSA) is 388 Å². The van der Waals surface area contributed by atoms with Gasteiger partial charge in [-0.2, -0.15) is 0 Å². The Balaban J connectivity index is 1.05. The Kier molecular flexibility index (Phi) is 24.1. The van der Waals surface area contributed by atoms with Crippen LogP contribution in [0.1, 0.15) is 60.2 Å². The summed E-state index contributed by atoms with van der Waals surface area (Å²) in [4.78, 5) is 67.3. The van der Waals surface area contributed by atoms with Crippen LogP contribution in [-0.2, 0) is 72.0 Å². The summed E-state index contributed by atoms with van der Waals surface area (Å²) in [5.41, 5.74) is 2.05. The number of carbonyl (C=O) groups is 5. The predicted molar refractivity (Wildman–Crippen MR) is 299 cm³/mol. The van der Waals surface area contributed by atoms with Crippen LogP contribution in [-0.4, -0.2) is 207 Å². The Hall–Kier alpha value is -6.93. The van der Waals surface area contributed by atoms with Gasteiger partial charge in [0, 0.05) is 13.0 Å². The highest BCUT2D eigenvalue weighted by Gasteiger charge is 2.56. The van der Waals surface area contributed by atoms with Crippen LogP contribution >= 0.6 is 0 Å². The number of amides is 4. The van der Waals surface area contributed by atoms with Crippen LogP contribution in [0.5, 0.6) is 0 Å². The zero-order chi connectivity index (χ0) is 62.1. The first kappa shape index (κ1) is 66.0. The highest BCUT2D eigenvalue weighted by molar-refractivity contribution is 5.92. The Morgan fingerprint density at radius 3 is 1.47 bits per heavy atom. The summed E-state index contributed by atoms with van der Waals surface area (Å²) < 4.78 is 59.2. The first-order valence-corrected chi connectivity index (χ1v) is 28.6. The second-order valence-corrected chi connectivity index (χ2v) is 21.5. The highest BCUT2D eigenvalue weighted by atomic mass is 16.8. The predicted octanol–water partition coefficient (Wildman–Crippen LogP) is 0.533. The number of aliphatic hydroxyl groups is 8. The molecule has 20 atom stereocenters. The summed E-state index contributed by atoms with van der Waals surface area (Å²) in [5, 5.41) is 101. The number of aliphatic hydroxyl groups excluding tert-OH is 8. The number of nitrogens with one attached hydrogen (secondary N) is 4. The molecule has 1 aliphatic carbocycles. The lowest BCUT2D eigenvalue weighted by Crippen LogP contribution is -2.67. The van der Waals surface area contributed by atoms with E-state index >= 15 is 0 Å². The van der Waals surface area contributed by atoms with Crippen molar-refractivity contribution >= 4 is 30.2 Å². The Bertz CT molecular complexity index is 2800. The van der Waals surface area contributed by atoms with E-state index in [1.54, 1.807) is 123 Å². The fourth-order valence-corrected chi connectivity index (χ4v) is 10.6. The van der Waals surface area contributed by atoms with Crippen LogP contribution in [0, 0.1) is 5.92 Å². The standard InChI is InChI=1S/C60H76N4O23/c1-3-38-45(68)47(70)42(63-59(76)79-30-34-18-10-5-11-19-34)55(82-38)86-51-41(28-66)84-57(49(51)72)87-52-44(67)37(62-53(73)39(81-54(74)36-22-14-7-15-23-36)24-25-61-58(75)78-29-33-16-8-4-9-17-33)26-32(2)50(52)85-56-43(48(71)46(69)40(27-65)83-56)64-60(77)80-31-35-20-12-6-13-21-35/h4-23,32,37-52,55-57,65-72H,3,24-31H2,1-2H3,(H,61,75)(H,62,73)(H,63,76)(H,64,77)/t32-,37+,38-,39-,40+,41+,42+,43+,44-,45+,46+,47+,48+,49+,50+,51+,52+,55+,56+,57-/m0/s1. The van der Waals surface area contributed by atoms with E-state index in [2.05, 4.69) is 21.3 Å². The minimum Gasteiger partial charge on any atom is -0.449 e. The van der Waals surface area contributed by atoms with Crippen LogP contribution in [0.3, 0.4) is 0 Å². The number of alkyl carbamates (subject to hydrolysis) is 3. The van der Waals surface area contributed by atoms with Gasteiger partial charge in [-0.1, -0.05) is 123 Å². The molecule has 4 fully saturated rings. The van der Waals surface area contributed by atoms with Gasteiger partial charge < -0.3 is 109 Å². The van der Waals surface area contributed by atoms with Gasteiger partial charge in [0.25, 0.3) is 5.91 Å². The van der Waals surface area contributed by atoms with Crippen LogP contribution in [0.4, 0.5) is 14.4 Å². The third-order valence-electron chi connectivity index (χ3n) is 15.3. The number of hydrogen-bond donors (Lipinski definition) is 12. The molecule has 4 aliphatic rings. The van der Waals surface area contributed by atoms with Gasteiger partial charge in [0.15, 0.2) is 25.0 Å². The van der Waals surface area contributed by atoms with E-state index in [1.807, 2.05) is 0 Å². The number of carbonyl (C=O) groups excluding carboxylic acids is 5. The lowest BCUT2D eigenvalue weighted by Gasteiger charge is -2.48. The molecule has 27 nitrogen and oxygen atoms in total. The summed E-state index contributed by atoms with van der Waals surface area (Å²) in [6.45, 7) is 0.870. The van der Waals surface area contributed by atoms with Crippen LogP contribution in [0.25, 0.3) is 0 Å². The first-order chi connectivity index (χ1) is 42.0. The molecule has 4 amide bonds. The van der Waals surface area contributed by atoms with Gasteiger partial charge in [-0.3, -0.25) is 4.79 Å². The molecule has 87 heavy (non-hydrogen) atoms. The van der Waals surface area contributed by atoms with Gasteiger partial charge >= 0.3 is 24.2 Å². The summed E-state index contributed by atoms with van der Waals surface area (Å²) in [6.07, 6.45) is -29.8. The van der Waals surface area contributed by atoms with Gasteiger partial charge in [-0.15, -0.1) is 0 Å². The fraction of sp³-hybridized carbons (Fsp3) is 0.517. The number of rotatable bonds is 24. The van der Waals surface area contributed by atoms with E-state index in [1.165, 1.54) is 12.1 Å². The zero-order valence-electron chi connectivity index (χ0n) is 47.7. The largest absolute Gasteiger partial charge is 0.449 e. The zero-order valence-corrected chi connectivity index (χ0v) is 47.7. The Morgan fingerprint density at radius 2 is 0.966 bits per heavy atom. The summed E-state index contributed by atoms with van der Waals surface area (Å²) in [6, 6.07) is 29.4. The normalized spacial score (nSPS) is 31.7. The minimum atomic E-state index is -1.93. The van der Waals surface area contributed by atoms with Crippen molar-refractivity contribution in [2.45, 2.75) is 169 Å². The quantitative estimate of drug-likeness (QED) is 0.0336. The van der Waals surface area contributed by atoms with Crippen molar-refractivity contribution in [3.8, 4) is 0 Å². The van der Waals surface area contributed by atoms with Crippen LogP contribution in [0.2, 0.25) is 0 Å². The third-order valence-corrected chi connectivity index (χ3v) is 15.3. The first-order valence-electron chi connectivity index (χ1n) is 28.6. The maximum atomic E-state index is 14.5. The monoisotopic (exact) mass is 1220 g/mol. The molecule has 4 aromatic rings. The average molecular weight is 1220 g/mol. The molecule has 0 spiro atoms. The van der Waals surface area contributed by atoms with E-state index in [9.17, 15) is 64.8 Å². The molecule has 0 aromatic heterocycles. The van der Waals surface area contributed by atoms with E-state index in [0.717, 1.165) is 0 Å². The molecule has 3 saturated heterocycles. The van der Waals surface area contributed by atoms with Gasteiger partial charge in [0.1, 0.15) is 92.9 Å². The molecule has 1 saturated carbocycles. The SMILES string of the molecule is CC[C@@H]1O[C@H](O[C@H]2[C@@H](O)[C@H](O[C@@H]3[C@@H](O)[C@H](NC(=O)[C@H](CCNC(=O)OCc4ccccc4)OC(=O)c4ccccc4)C[C@H](C)[C@H]3O[C@H]3O[C@H](CO)[C@@H](O)[C@H](O)[C@H]3NC(=O)OCc3ccccc3)O[C@@H]2CO)[C@H](NC(=O)OCc2ccccc2)[C@@H](O)[C@@H]1O. The number of ether oxygens (including phenoxy) is 10. The van der Waals surface area contributed by atoms with Crippen molar-refractivity contribution < 1.29 is 112 Å². The van der Waals surface area contributed by atoms with Crippen LogP contribution in [0.15, 0.2) is 121 Å². The van der Waals surface area contributed by atoms with Crippen molar-refractivity contribution in [1.29, 1.82) is 0 Å². The maximum absolute atomic E-state index is 14.5. The van der Waals surface area contributed by atoms with Crippen molar-refractivity contribution in [1.82, 2.24) is 21.3 Å². The molecule has 3 heterocycles. The summed E-state index contributed by atoms with van der Waals surface area (Å²) in [7, 11) is 0. The summed E-state index contributed by atoms with van der Waals surface area (Å²) in [5.74, 6) is -2.71. The Morgan fingerprint density at radius 1 is 0.517 bits per heavy atom. The van der Waals surface area contributed by atoms with Crippen molar-refractivity contribution in [3.05, 3.63) is 144 Å². The van der Waals surface area contributed by atoms with E-state index < -0.39 is 166 Å². The molecule has 0 bridgehead atoms. The second kappa shape index (κ2) is 31.8. The van der Waals surface area contributed by atoms with Gasteiger partial charge in [0.2, 0.25) is 0 Å². The molecule has 474 valence electrons. The number of esters is 1. The molecule has 0 unspecified atom stereocenters. The fourth-order valence-electron chi connectivity index (χ4n) is 10.6. The molecule has 0 radical (unpaired) electrons. The maximum Gasteiger partial charge on any atom is 0.407 e. The van der Waals surface area contributed by atoms with E-state index in [0.29, 0.717) is 16.7 Å². The molecular formula is C60H76N4O23. The van der Waals surface area contributed by atoms with Crippen LogP contribution < -0.4 is 21.3 Å². The van der Waals surface area contributed by atoms with Gasteiger partial charge in [-0.25, -0.2) is 19.2 Å². The van der Waals surface area contributed by atoms with E-state index in [-0.39, 0.29) is 51.2 Å². The van der Waals surface area contributed by atoms with Crippen molar-refractivity contribution in [2.24, 2.45) is 5.92 Å². The second-order valence-electron chi connectivity index (χ2n) is 21.5. The molecule has 4 aromatic carbocycles.